The standard InChI is InChI=1S/C17H20BrNO/c1-13-3-2-4-14(11-13)12-16(19)9-10-20-17-7-5-15(18)6-8-17/h2-8,11,16H,9-10,12,19H2,1H3. The Balaban J connectivity index is 1.75. The van der Waals surface area contributed by atoms with Crippen LogP contribution in [0.15, 0.2) is 53.0 Å². The number of hydrogen-bond acceptors (Lipinski definition) is 2. The SMILES string of the molecule is Cc1cccc(CC(N)CCOc2ccc(Br)cc2)c1. The highest BCUT2D eigenvalue weighted by Crippen LogP contribution is 2.16. The third-order valence-corrected chi connectivity index (χ3v) is 3.68. The Kier molecular flexibility index (Phi) is 5.62. The number of ether oxygens (including phenoxy) is 1. The van der Waals surface area contributed by atoms with Gasteiger partial charge in [-0.1, -0.05) is 45.8 Å². The molecule has 1 unspecified atom stereocenters. The van der Waals surface area contributed by atoms with Crippen LogP contribution in [0.3, 0.4) is 0 Å². The first-order valence-corrected chi connectivity index (χ1v) is 7.62. The van der Waals surface area contributed by atoms with Crippen LogP contribution in [0, 0.1) is 6.92 Å². The van der Waals surface area contributed by atoms with Crippen molar-refractivity contribution in [1.82, 2.24) is 0 Å². The molecule has 0 heterocycles. The summed E-state index contributed by atoms with van der Waals surface area (Å²) in [6.07, 6.45) is 1.75. The van der Waals surface area contributed by atoms with Gasteiger partial charge in [-0.2, -0.15) is 0 Å². The van der Waals surface area contributed by atoms with Crippen molar-refractivity contribution in [2.45, 2.75) is 25.8 Å². The molecule has 20 heavy (non-hydrogen) atoms. The Morgan fingerprint density at radius 1 is 1.15 bits per heavy atom. The summed E-state index contributed by atoms with van der Waals surface area (Å²) in [5, 5.41) is 0. The summed E-state index contributed by atoms with van der Waals surface area (Å²) in [6.45, 7) is 2.75. The van der Waals surface area contributed by atoms with Crippen molar-refractivity contribution in [2.24, 2.45) is 5.73 Å². The molecule has 0 bridgehead atoms. The highest BCUT2D eigenvalue weighted by Gasteiger charge is 2.05. The Bertz CT molecular complexity index is 539. The van der Waals surface area contributed by atoms with Crippen LogP contribution in [-0.2, 0) is 6.42 Å². The van der Waals surface area contributed by atoms with E-state index in [4.69, 9.17) is 10.5 Å². The molecule has 0 saturated heterocycles. The van der Waals surface area contributed by atoms with Crippen molar-refractivity contribution in [3.63, 3.8) is 0 Å². The molecule has 2 rings (SSSR count). The van der Waals surface area contributed by atoms with Crippen LogP contribution in [-0.4, -0.2) is 12.6 Å². The van der Waals surface area contributed by atoms with Crippen LogP contribution in [0.4, 0.5) is 0 Å². The Labute approximate surface area is 129 Å². The zero-order valence-electron chi connectivity index (χ0n) is 11.7. The molecule has 2 aromatic rings. The van der Waals surface area contributed by atoms with E-state index in [-0.39, 0.29) is 6.04 Å². The van der Waals surface area contributed by atoms with E-state index in [2.05, 4.69) is 47.1 Å². The largest absolute Gasteiger partial charge is 0.494 e. The van der Waals surface area contributed by atoms with Gasteiger partial charge in [-0.05, 0) is 49.6 Å². The van der Waals surface area contributed by atoms with Gasteiger partial charge in [-0.25, -0.2) is 0 Å². The quantitative estimate of drug-likeness (QED) is 0.863. The summed E-state index contributed by atoms with van der Waals surface area (Å²) >= 11 is 3.40. The fraction of sp³-hybridized carbons (Fsp3) is 0.294. The molecule has 0 aliphatic rings. The normalized spacial score (nSPS) is 12.2. The predicted molar refractivity (Wildman–Crippen MR) is 87.1 cm³/mol. The van der Waals surface area contributed by atoms with Gasteiger partial charge in [0.1, 0.15) is 5.75 Å². The van der Waals surface area contributed by atoms with E-state index < -0.39 is 0 Å². The molecule has 0 radical (unpaired) electrons. The first-order chi connectivity index (χ1) is 9.63. The summed E-state index contributed by atoms with van der Waals surface area (Å²) in [6, 6.07) is 16.5. The molecule has 2 aromatic carbocycles. The molecule has 0 aliphatic carbocycles. The second kappa shape index (κ2) is 7.46. The molecule has 0 amide bonds. The van der Waals surface area contributed by atoms with Gasteiger partial charge in [-0.3, -0.25) is 0 Å². The maximum atomic E-state index is 6.16. The highest BCUT2D eigenvalue weighted by molar-refractivity contribution is 9.10. The average Bonchev–Trinajstić information content (AvgIpc) is 2.41. The maximum Gasteiger partial charge on any atom is 0.119 e. The molecule has 1 atom stereocenters. The molecule has 0 aromatic heterocycles. The first kappa shape index (κ1) is 15.1. The molecule has 0 saturated carbocycles. The zero-order chi connectivity index (χ0) is 14.4. The van der Waals surface area contributed by atoms with E-state index in [1.165, 1.54) is 11.1 Å². The lowest BCUT2D eigenvalue weighted by molar-refractivity contribution is 0.297. The van der Waals surface area contributed by atoms with Crippen molar-refractivity contribution >= 4 is 15.9 Å². The predicted octanol–water partition coefficient (Wildman–Crippen LogP) is 4.10. The Morgan fingerprint density at radius 2 is 1.90 bits per heavy atom. The molecule has 2 N–H and O–H groups in total. The summed E-state index contributed by atoms with van der Waals surface area (Å²) < 4.78 is 6.75. The lowest BCUT2D eigenvalue weighted by Gasteiger charge is -2.13. The molecule has 3 heteroatoms. The fourth-order valence-corrected chi connectivity index (χ4v) is 2.37. The molecule has 0 spiro atoms. The maximum absolute atomic E-state index is 6.16. The van der Waals surface area contributed by atoms with Crippen molar-refractivity contribution in [2.75, 3.05) is 6.61 Å². The first-order valence-electron chi connectivity index (χ1n) is 6.83. The van der Waals surface area contributed by atoms with Crippen LogP contribution in [0.5, 0.6) is 5.75 Å². The van der Waals surface area contributed by atoms with E-state index in [9.17, 15) is 0 Å². The van der Waals surface area contributed by atoms with Gasteiger partial charge in [0.15, 0.2) is 0 Å². The average molecular weight is 334 g/mol. The summed E-state index contributed by atoms with van der Waals surface area (Å²) in [5.74, 6) is 0.885. The Morgan fingerprint density at radius 3 is 2.60 bits per heavy atom. The van der Waals surface area contributed by atoms with Crippen molar-refractivity contribution < 1.29 is 4.74 Å². The van der Waals surface area contributed by atoms with Crippen LogP contribution in [0.25, 0.3) is 0 Å². The third-order valence-electron chi connectivity index (χ3n) is 3.15. The molecular formula is C17H20BrNO. The van der Waals surface area contributed by atoms with E-state index in [0.29, 0.717) is 6.61 Å². The number of rotatable bonds is 6. The minimum absolute atomic E-state index is 0.132. The molecule has 106 valence electrons. The van der Waals surface area contributed by atoms with Gasteiger partial charge < -0.3 is 10.5 Å². The van der Waals surface area contributed by atoms with E-state index in [1.807, 2.05) is 24.3 Å². The third kappa shape index (κ3) is 4.99. The molecule has 2 nitrogen and oxygen atoms in total. The summed E-state index contributed by atoms with van der Waals surface area (Å²) in [7, 11) is 0. The van der Waals surface area contributed by atoms with Gasteiger partial charge in [0, 0.05) is 10.5 Å². The number of nitrogens with two attached hydrogens (primary N) is 1. The second-order valence-corrected chi connectivity index (χ2v) is 5.96. The second-order valence-electron chi connectivity index (χ2n) is 5.04. The van der Waals surface area contributed by atoms with Crippen molar-refractivity contribution in [3.05, 3.63) is 64.1 Å². The monoisotopic (exact) mass is 333 g/mol. The van der Waals surface area contributed by atoms with E-state index in [0.717, 1.165) is 23.1 Å². The minimum atomic E-state index is 0.132. The molecule has 0 aliphatic heterocycles. The van der Waals surface area contributed by atoms with Gasteiger partial charge in [-0.15, -0.1) is 0 Å². The lowest BCUT2D eigenvalue weighted by Crippen LogP contribution is -2.25. The van der Waals surface area contributed by atoms with Gasteiger partial charge in [0.25, 0.3) is 0 Å². The van der Waals surface area contributed by atoms with Crippen LogP contribution < -0.4 is 10.5 Å². The van der Waals surface area contributed by atoms with Gasteiger partial charge >= 0.3 is 0 Å². The topological polar surface area (TPSA) is 35.2 Å². The van der Waals surface area contributed by atoms with Crippen molar-refractivity contribution in [1.29, 1.82) is 0 Å². The van der Waals surface area contributed by atoms with Crippen LogP contribution in [0.1, 0.15) is 17.5 Å². The van der Waals surface area contributed by atoms with Crippen LogP contribution in [0.2, 0.25) is 0 Å². The smallest absolute Gasteiger partial charge is 0.119 e. The lowest BCUT2D eigenvalue weighted by atomic mass is 10.0. The number of halogens is 1. The van der Waals surface area contributed by atoms with Gasteiger partial charge in [0.05, 0.1) is 6.61 Å². The molecule has 0 fully saturated rings. The Hall–Kier alpha value is -1.32. The van der Waals surface area contributed by atoms with Gasteiger partial charge in [0.2, 0.25) is 0 Å². The van der Waals surface area contributed by atoms with Crippen molar-refractivity contribution in [3.8, 4) is 5.75 Å². The van der Waals surface area contributed by atoms with E-state index in [1.54, 1.807) is 0 Å². The fourth-order valence-electron chi connectivity index (χ4n) is 2.10. The summed E-state index contributed by atoms with van der Waals surface area (Å²) in [5.41, 5.74) is 8.73. The number of hydrogen-bond donors (Lipinski definition) is 1. The minimum Gasteiger partial charge on any atom is -0.494 e. The highest BCUT2D eigenvalue weighted by atomic mass is 79.9. The van der Waals surface area contributed by atoms with E-state index >= 15 is 0 Å². The number of benzene rings is 2. The molecular weight excluding hydrogens is 314 g/mol. The summed E-state index contributed by atoms with van der Waals surface area (Å²) in [4.78, 5) is 0. The zero-order valence-corrected chi connectivity index (χ0v) is 13.3. The number of aryl methyl sites for hydroxylation is 1. The van der Waals surface area contributed by atoms with Crippen LogP contribution >= 0.6 is 15.9 Å².